The van der Waals surface area contributed by atoms with Gasteiger partial charge in [0, 0.05) is 5.69 Å². The Hall–Kier alpha value is -2.63. The molecule has 0 saturated carbocycles. The zero-order valence-corrected chi connectivity index (χ0v) is 14.4. The van der Waals surface area contributed by atoms with Crippen molar-refractivity contribution in [1.82, 2.24) is 0 Å². The molecule has 4 rings (SSSR count). The summed E-state index contributed by atoms with van der Waals surface area (Å²) in [6.07, 6.45) is -0.741. The average Bonchev–Trinajstić information content (AvgIpc) is 2.88. The van der Waals surface area contributed by atoms with E-state index in [0.717, 1.165) is 22.3 Å². The number of aliphatic hydroxyl groups excluding tert-OH is 1. The number of aliphatic hydroxyl groups is 1. The topological polar surface area (TPSA) is 66.4 Å². The van der Waals surface area contributed by atoms with Gasteiger partial charge < -0.3 is 5.11 Å². The van der Waals surface area contributed by atoms with Crippen molar-refractivity contribution in [3.63, 3.8) is 0 Å². The third-order valence-electron chi connectivity index (χ3n) is 4.48. The maximum atomic E-state index is 12.5. The molecule has 1 atom stereocenters. The fraction of sp³-hybridized carbons (Fsp3) is 0.100. The monoisotopic (exact) mass is 351 g/mol. The van der Waals surface area contributed by atoms with Crippen LogP contribution >= 0.6 is 0 Å². The second-order valence-corrected chi connectivity index (χ2v) is 7.89. The first-order valence-electron chi connectivity index (χ1n) is 7.96. The van der Waals surface area contributed by atoms with E-state index in [1.165, 1.54) is 0 Å². The second-order valence-electron chi connectivity index (χ2n) is 6.21. The highest BCUT2D eigenvalue weighted by Crippen LogP contribution is 2.44. The molecule has 3 aromatic carbocycles. The molecule has 0 fully saturated rings. The number of rotatable bonds is 3. The molecule has 0 saturated heterocycles. The third kappa shape index (κ3) is 2.71. The van der Waals surface area contributed by atoms with Crippen LogP contribution in [-0.2, 0) is 10.0 Å². The molecule has 1 aliphatic rings. The number of hydrogen-bond acceptors (Lipinski definition) is 3. The Morgan fingerprint density at radius 3 is 2.32 bits per heavy atom. The van der Waals surface area contributed by atoms with Crippen LogP contribution in [0.25, 0.3) is 11.1 Å². The molecule has 3 aromatic rings. The van der Waals surface area contributed by atoms with Gasteiger partial charge in [0.2, 0.25) is 0 Å². The maximum Gasteiger partial charge on any atom is 0.261 e. The van der Waals surface area contributed by atoms with Crippen LogP contribution in [0.5, 0.6) is 0 Å². The molecule has 2 N–H and O–H groups in total. The van der Waals surface area contributed by atoms with Gasteiger partial charge >= 0.3 is 0 Å². The standard InChI is InChI=1S/C20H17NO3S/c1-13-6-9-15(10-7-13)25(23,24)21-14-8-11-17-16-4-2-3-5-18(16)20(22)19(17)12-14/h2-12,20-22H,1H3/t20-/m1/s1. The Morgan fingerprint density at radius 2 is 1.56 bits per heavy atom. The molecule has 1 aliphatic carbocycles. The fourth-order valence-electron chi connectivity index (χ4n) is 3.18. The number of fused-ring (bicyclic) bond motifs is 3. The number of anilines is 1. The van der Waals surface area contributed by atoms with Gasteiger partial charge in [0.25, 0.3) is 10.0 Å². The Bertz CT molecular complexity index is 1060. The first-order chi connectivity index (χ1) is 12.0. The van der Waals surface area contributed by atoms with Crippen molar-refractivity contribution in [2.24, 2.45) is 0 Å². The minimum atomic E-state index is -3.66. The van der Waals surface area contributed by atoms with Gasteiger partial charge in [-0.25, -0.2) is 8.42 Å². The molecule has 0 amide bonds. The highest BCUT2D eigenvalue weighted by Gasteiger charge is 2.27. The van der Waals surface area contributed by atoms with Crippen LogP contribution in [0.1, 0.15) is 22.8 Å². The van der Waals surface area contributed by atoms with Gasteiger partial charge in [-0.1, -0.05) is 48.0 Å². The normalized spacial score (nSPS) is 15.5. The summed E-state index contributed by atoms with van der Waals surface area (Å²) in [6.45, 7) is 1.91. The Morgan fingerprint density at radius 1 is 0.880 bits per heavy atom. The molecule has 0 radical (unpaired) electrons. The third-order valence-corrected chi connectivity index (χ3v) is 5.87. The number of benzene rings is 3. The van der Waals surface area contributed by atoms with E-state index in [-0.39, 0.29) is 4.90 Å². The lowest BCUT2D eigenvalue weighted by molar-refractivity contribution is 0.225. The Balaban J connectivity index is 1.69. The molecule has 0 aromatic heterocycles. The molecule has 4 nitrogen and oxygen atoms in total. The van der Waals surface area contributed by atoms with Crippen molar-refractivity contribution >= 4 is 15.7 Å². The number of nitrogens with one attached hydrogen (secondary N) is 1. The van der Waals surface area contributed by atoms with E-state index in [4.69, 9.17) is 0 Å². The van der Waals surface area contributed by atoms with Crippen LogP contribution < -0.4 is 4.72 Å². The summed E-state index contributed by atoms with van der Waals surface area (Å²) in [7, 11) is -3.66. The summed E-state index contributed by atoms with van der Waals surface area (Å²) in [6, 6.07) is 19.6. The van der Waals surface area contributed by atoms with Crippen LogP contribution in [0.2, 0.25) is 0 Å². The van der Waals surface area contributed by atoms with E-state index in [1.807, 2.05) is 37.3 Å². The highest BCUT2D eigenvalue weighted by atomic mass is 32.2. The van der Waals surface area contributed by atoms with Crippen LogP contribution in [-0.4, -0.2) is 13.5 Å². The van der Waals surface area contributed by atoms with Gasteiger partial charge in [-0.3, -0.25) is 4.72 Å². The molecule has 5 heteroatoms. The molecular weight excluding hydrogens is 334 g/mol. The highest BCUT2D eigenvalue weighted by molar-refractivity contribution is 7.92. The summed E-state index contributed by atoms with van der Waals surface area (Å²) in [5.74, 6) is 0. The van der Waals surface area contributed by atoms with Crippen LogP contribution in [0, 0.1) is 6.92 Å². The van der Waals surface area contributed by atoms with E-state index in [1.54, 1.807) is 36.4 Å². The fourth-order valence-corrected chi connectivity index (χ4v) is 4.23. The molecule has 0 unspecified atom stereocenters. The Labute approximate surface area is 146 Å². The summed E-state index contributed by atoms with van der Waals surface area (Å²) in [4.78, 5) is 0.211. The minimum absolute atomic E-state index is 0.211. The molecule has 0 bridgehead atoms. The zero-order valence-electron chi connectivity index (χ0n) is 13.6. The van der Waals surface area contributed by atoms with Gasteiger partial charge in [-0.2, -0.15) is 0 Å². The lowest BCUT2D eigenvalue weighted by Gasteiger charge is -2.11. The first kappa shape index (κ1) is 15.9. The van der Waals surface area contributed by atoms with Crippen molar-refractivity contribution < 1.29 is 13.5 Å². The van der Waals surface area contributed by atoms with E-state index >= 15 is 0 Å². The smallest absolute Gasteiger partial charge is 0.261 e. The van der Waals surface area contributed by atoms with Crippen molar-refractivity contribution in [3.8, 4) is 11.1 Å². The largest absolute Gasteiger partial charge is 0.384 e. The summed E-state index contributed by atoms with van der Waals surface area (Å²) < 4.78 is 27.7. The van der Waals surface area contributed by atoms with Crippen molar-refractivity contribution in [3.05, 3.63) is 83.4 Å². The van der Waals surface area contributed by atoms with Crippen LogP contribution in [0.4, 0.5) is 5.69 Å². The average molecular weight is 351 g/mol. The maximum absolute atomic E-state index is 12.5. The van der Waals surface area contributed by atoms with Gasteiger partial charge in [-0.15, -0.1) is 0 Å². The van der Waals surface area contributed by atoms with Crippen LogP contribution in [0.15, 0.2) is 71.6 Å². The summed E-state index contributed by atoms with van der Waals surface area (Å²) in [5.41, 5.74) is 4.91. The van der Waals surface area contributed by atoms with E-state index < -0.39 is 16.1 Å². The predicted molar refractivity (Wildman–Crippen MR) is 97.9 cm³/mol. The predicted octanol–water partition coefficient (Wildman–Crippen LogP) is 3.86. The Kier molecular flexibility index (Phi) is 3.63. The number of sulfonamides is 1. The molecule has 0 heterocycles. The molecule has 0 spiro atoms. The summed E-state index contributed by atoms with van der Waals surface area (Å²) >= 11 is 0. The van der Waals surface area contributed by atoms with Gasteiger partial charge in [0.1, 0.15) is 6.10 Å². The van der Waals surface area contributed by atoms with E-state index in [0.29, 0.717) is 11.3 Å². The van der Waals surface area contributed by atoms with Gasteiger partial charge in [0.15, 0.2) is 0 Å². The number of aryl methyl sites for hydroxylation is 1. The quantitative estimate of drug-likeness (QED) is 0.753. The number of hydrogen-bond donors (Lipinski definition) is 2. The molecule has 25 heavy (non-hydrogen) atoms. The van der Waals surface area contributed by atoms with Crippen molar-refractivity contribution in [2.75, 3.05) is 4.72 Å². The lowest BCUT2D eigenvalue weighted by Crippen LogP contribution is -2.13. The molecule has 126 valence electrons. The zero-order chi connectivity index (χ0) is 17.6. The van der Waals surface area contributed by atoms with E-state index in [9.17, 15) is 13.5 Å². The van der Waals surface area contributed by atoms with Crippen molar-refractivity contribution in [1.29, 1.82) is 0 Å². The van der Waals surface area contributed by atoms with Gasteiger partial charge in [-0.05, 0) is 53.4 Å². The van der Waals surface area contributed by atoms with Crippen LogP contribution in [0.3, 0.4) is 0 Å². The SMILES string of the molecule is Cc1ccc(S(=O)(=O)Nc2ccc3c(c2)[C@H](O)c2ccccc2-3)cc1. The van der Waals surface area contributed by atoms with Crippen molar-refractivity contribution in [2.45, 2.75) is 17.9 Å². The van der Waals surface area contributed by atoms with Gasteiger partial charge in [0.05, 0.1) is 4.90 Å². The second kappa shape index (κ2) is 5.72. The first-order valence-corrected chi connectivity index (χ1v) is 9.45. The lowest BCUT2D eigenvalue weighted by atomic mass is 10.1. The van der Waals surface area contributed by atoms with E-state index in [2.05, 4.69) is 4.72 Å². The molecular formula is C20H17NO3S. The summed E-state index contributed by atoms with van der Waals surface area (Å²) in [5, 5.41) is 10.5. The minimum Gasteiger partial charge on any atom is -0.384 e. The molecule has 0 aliphatic heterocycles.